The van der Waals surface area contributed by atoms with Gasteiger partial charge in [0.15, 0.2) is 0 Å². The normalized spacial score (nSPS) is 10.3. The zero-order valence-electron chi connectivity index (χ0n) is 10.8. The average Bonchev–Trinajstić information content (AvgIpc) is 2.33. The number of hydrogen-bond acceptors (Lipinski definition) is 1. The molecule has 1 heteroatoms. The highest BCUT2D eigenvalue weighted by atomic mass is 15.1. The van der Waals surface area contributed by atoms with Crippen LogP contribution in [0, 0.1) is 6.92 Å². The molecule has 0 radical (unpaired) electrons. The van der Waals surface area contributed by atoms with Crippen LogP contribution < -0.4 is 4.90 Å². The fourth-order valence-corrected chi connectivity index (χ4v) is 1.97. The second kappa shape index (κ2) is 5.05. The lowest BCUT2D eigenvalue weighted by Gasteiger charge is -2.15. The van der Waals surface area contributed by atoms with E-state index in [0.29, 0.717) is 0 Å². The molecule has 0 aromatic heterocycles. The number of benzene rings is 2. The molecule has 0 heterocycles. The number of anilines is 1. The number of nitrogens with zero attached hydrogens (tertiary/aromatic N) is 1. The standard InChI is InChI=1S/C16H19N/c1-13-11-16(17(2)3)10-9-15(13)12-14-7-5-4-6-8-14/h4-11H,12H2,1-3H3. The summed E-state index contributed by atoms with van der Waals surface area (Å²) in [6.45, 7) is 2.19. The van der Waals surface area contributed by atoms with Crippen LogP contribution in [0.2, 0.25) is 0 Å². The minimum absolute atomic E-state index is 1.01. The van der Waals surface area contributed by atoms with Crippen LogP contribution in [0.1, 0.15) is 16.7 Å². The molecule has 1 nitrogen and oxygen atoms in total. The highest BCUT2D eigenvalue weighted by Crippen LogP contribution is 2.19. The summed E-state index contributed by atoms with van der Waals surface area (Å²) in [6, 6.07) is 17.3. The molecule has 0 bridgehead atoms. The molecule has 0 spiro atoms. The van der Waals surface area contributed by atoms with E-state index in [9.17, 15) is 0 Å². The predicted molar refractivity (Wildman–Crippen MR) is 74.8 cm³/mol. The van der Waals surface area contributed by atoms with Gasteiger partial charge in [-0.05, 0) is 42.2 Å². The molecule has 0 N–H and O–H groups in total. The van der Waals surface area contributed by atoms with Gasteiger partial charge < -0.3 is 4.90 Å². The van der Waals surface area contributed by atoms with Crippen LogP contribution in [0.25, 0.3) is 0 Å². The maximum atomic E-state index is 2.25. The second-order valence-corrected chi connectivity index (χ2v) is 4.67. The fourth-order valence-electron chi connectivity index (χ4n) is 1.97. The van der Waals surface area contributed by atoms with Gasteiger partial charge >= 0.3 is 0 Å². The molecule has 0 saturated heterocycles. The highest BCUT2D eigenvalue weighted by molar-refractivity contribution is 5.50. The van der Waals surface area contributed by atoms with E-state index in [1.807, 2.05) is 0 Å². The Morgan fingerprint density at radius 3 is 2.24 bits per heavy atom. The summed E-state index contributed by atoms with van der Waals surface area (Å²) in [5, 5.41) is 0. The monoisotopic (exact) mass is 225 g/mol. The third-order valence-electron chi connectivity index (χ3n) is 3.08. The third-order valence-corrected chi connectivity index (χ3v) is 3.08. The first kappa shape index (κ1) is 11.7. The van der Waals surface area contributed by atoms with Crippen molar-refractivity contribution in [1.29, 1.82) is 0 Å². The molecule has 0 aliphatic carbocycles. The van der Waals surface area contributed by atoms with Gasteiger partial charge in [0, 0.05) is 19.8 Å². The van der Waals surface area contributed by atoms with Crippen LogP contribution in [0.3, 0.4) is 0 Å². The topological polar surface area (TPSA) is 3.24 Å². The zero-order chi connectivity index (χ0) is 12.3. The van der Waals surface area contributed by atoms with E-state index in [1.54, 1.807) is 0 Å². The molecular formula is C16H19N. The van der Waals surface area contributed by atoms with Crippen LogP contribution in [-0.2, 0) is 6.42 Å². The first-order valence-corrected chi connectivity index (χ1v) is 5.97. The zero-order valence-corrected chi connectivity index (χ0v) is 10.8. The summed E-state index contributed by atoms with van der Waals surface area (Å²) in [4.78, 5) is 2.14. The van der Waals surface area contributed by atoms with Crippen molar-refractivity contribution in [2.45, 2.75) is 13.3 Å². The Bertz CT molecular complexity index is 486. The Kier molecular flexibility index (Phi) is 3.48. The van der Waals surface area contributed by atoms with Gasteiger partial charge in [-0.15, -0.1) is 0 Å². The van der Waals surface area contributed by atoms with Gasteiger partial charge in [-0.25, -0.2) is 0 Å². The van der Waals surface area contributed by atoms with E-state index in [0.717, 1.165) is 6.42 Å². The van der Waals surface area contributed by atoms with Gasteiger partial charge in [0.2, 0.25) is 0 Å². The lowest BCUT2D eigenvalue weighted by Crippen LogP contribution is -2.09. The van der Waals surface area contributed by atoms with Crippen LogP contribution in [0.4, 0.5) is 5.69 Å². The minimum atomic E-state index is 1.01. The largest absolute Gasteiger partial charge is 0.378 e. The van der Waals surface area contributed by atoms with E-state index < -0.39 is 0 Å². The van der Waals surface area contributed by atoms with E-state index in [1.165, 1.54) is 22.4 Å². The second-order valence-electron chi connectivity index (χ2n) is 4.67. The van der Waals surface area contributed by atoms with Gasteiger partial charge in [0.1, 0.15) is 0 Å². The molecule has 0 aliphatic heterocycles. The smallest absolute Gasteiger partial charge is 0.0363 e. The molecular weight excluding hydrogens is 206 g/mol. The predicted octanol–water partition coefficient (Wildman–Crippen LogP) is 3.65. The van der Waals surface area contributed by atoms with Crippen molar-refractivity contribution in [3.05, 3.63) is 65.2 Å². The van der Waals surface area contributed by atoms with Gasteiger partial charge in [-0.2, -0.15) is 0 Å². The summed E-state index contributed by atoms with van der Waals surface area (Å²) in [5.41, 5.74) is 5.40. The Morgan fingerprint density at radius 2 is 1.65 bits per heavy atom. The fraction of sp³-hybridized carbons (Fsp3) is 0.250. The van der Waals surface area contributed by atoms with E-state index in [2.05, 4.69) is 74.4 Å². The molecule has 0 aliphatic rings. The molecule has 0 fully saturated rings. The van der Waals surface area contributed by atoms with Crippen molar-refractivity contribution in [3.63, 3.8) is 0 Å². The Labute approximate surface area is 104 Å². The summed E-state index contributed by atoms with van der Waals surface area (Å²) < 4.78 is 0. The molecule has 2 aromatic rings. The van der Waals surface area contributed by atoms with Crippen molar-refractivity contribution in [3.8, 4) is 0 Å². The summed E-state index contributed by atoms with van der Waals surface area (Å²) in [5.74, 6) is 0. The quantitative estimate of drug-likeness (QED) is 0.770. The van der Waals surface area contributed by atoms with Gasteiger partial charge in [-0.3, -0.25) is 0 Å². The summed E-state index contributed by atoms with van der Waals surface area (Å²) >= 11 is 0. The van der Waals surface area contributed by atoms with Crippen LogP contribution in [-0.4, -0.2) is 14.1 Å². The SMILES string of the molecule is Cc1cc(N(C)C)ccc1Cc1ccccc1. The van der Waals surface area contributed by atoms with Crippen molar-refractivity contribution in [2.24, 2.45) is 0 Å². The Hall–Kier alpha value is -1.76. The number of hydrogen-bond donors (Lipinski definition) is 0. The average molecular weight is 225 g/mol. The van der Waals surface area contributed by atoms with Crippen molar-refractivity contribution < 1.29 is 0 Å². The summed E-state index contributed by atoms with van der Waals surface area (Å²) in [6.07, 6.45) is 1.01. The molecule has 0 amide bonds. The van der Waals surface area contributed by atoms with E-state index >= 15 is 0 Å². The minimum Gasteiger partial charge on any atom is -0.378 e. The van der Waals surface area contributed by atoms with Crippen molar-refractivity contribution in [1.82, 2.24) is 0 Å². The molecule has 17 heavy (non-hydrogen) atoms. The van der Waals surface area contributed by atoms with E-state index in [-0.39, 0.29) is 0 Å². The lowest BCUT2D eigenvalue weighted by molar-refractivity contribution is 1.10. The van der Waals surface area contributed by atoms with Crippen LogP contribution >= 0.6 is 0 Å². The van der Waals surface area contributed by atoms with Gasteiger partial charge in [0.25, 0.3) is 0 Å². The van der Waals surface area contributed by atoms with Crippen molar-refractivity contribution in [2.75, 3.05) is 19.0 Å². The first-order chi connectivity index (χ1) is 8.16. The Balaban J connectivity index is 2.23. The molecule has 0 atom stereocenters. The molecule has 0 unspecified atom stereocenters. The first-order valence-electron chi connectivity index (χ1n) is 5.97. The maximum Gasteiger partial charge on any atom is 0.0363 e. The Morgan fingerprint density at radius 1 is 0.941 bits per heavy atom. The van der Waals surface area contributed by atoms with E-state index in [4.69, 9.17) is 0 Å². The maximum absolute atomic E-state index is 2.25. The third kappa shape index (κ3) is 2.88. The lowest BCUT2D eigenvalue weighted by atomic mass is 10.00. The highest BCUT2D eigenvalue weighted by Gasteiger charge is 2.02. The molecule has 2 aromatic carbocycles. The van der Waals surface area contributed by atoms with Crippen molar-refractivity contribution >= 4 is 5.69 Å². The molecule has 2 rings (SSSR count). The van der Waals surface area contributed by atoms with Crippen LogP contribution in [0.5, 0.6) is 0 Å². The van der Waals surface area contributed by atoms with Crippen LogP contribution in [0.15, 0.2) is 48.5 Å². The number of aryl methyl sites for hydroxylation is 1. The molecule has 88 valence electrons. The number of rotatable bonds is 3. The molecule has 0 saturated carbocycles. The van der Waals surface area contributed by atoms with Gasteiger partial charge in [0.05, 0.1) is 0 Å². The van der Waals surface area contributed by atoms with Gasteiger partial charge in [-0.1, -0.05) is 36.4 Å². The summed E-state index contributed by atoms with van der Waals surface area (Å²) in [7, 11) is 4.15.